The SMILES string of the molecule is CCN(CC)S(=O)(=O)c1ccc(Cl)c(C(=O)N2CCc3sccc3C2c2cccs2)c1. The van der Waals surface area contributed by atoms with Crippen molar-refractivity contribution in [2.45, 2.75) is 31.2 Å². The quantitative estimate of drug-likeness (QED) is 0.468. The summed E-state index contributed by atoms with van der Waals surface area (Å²) in [5, 5.41) is 4.32. The summed E-state index contributed by atoms with van der Waals surface area (Å²) in [4.78, 5) is 18.0. The van der Waals surface area contributed by atoms with E-state index in [1.807, 2.05) is 22.4 Å². The highest BCUT2D eigenvalue weighted by Gasteiger charge is 2.35. The first-order valence-corrected chi connectivity index (χ1v) is 13.7. The van der Waals surface area contributed by atoms with Crippen molar-refractivity contribution in [2.75, 3.05) is 19.6 Å². The lowest BCUT2D eigenvalue weighted by Crippen LogP contribution is -2.40. The minimum atomic E-state index is -3.69. The third-order valence-electron chi connectivity index (χ3n) is 5.55. The number of carbonyl (C=O) groups excluding carboxylic acids is 1. The van der Waals surface area contributed by atoms with Crippen LogP contribution in [-0.2, 0) is 16.4 Å². The van der Waals surface area contributed by atoms with Crippen LogP contribution in [0.3, 0.4) is 0 Å². The third-order valence-corrected chi connectivity index (χ3v) is 9.85. The minimum absolute atomic E-state index is 0.0878. The zero-order valence-corrected chi connectivity index (χ0v) is 20.5. The van der Waals surface area contributed by atoms with Gasteiger partial charge in [0.05, 0.1) is 21.5 Å². The summed E-state index contributed by atoms with van der Waals surface area (Å²) in [6, 6.07) is 10.3. The standard InChI is InChI=1S/C22H23ClN2O3S3/c1-3-24(4-2)31(27,28)15-7-8-18(23)17(14-15)22(26)25-11-9-19-16(10-13-30-19)21(25)20-6-5-12-29-20/h5-8,10,12-14,21H,3-4,9,11H2,1-2H3. The average molecular weight is 495 g/mol. The van der Waals surface area contributed by atoms with E-state index in [-0.39, 0.29) is 27.4 Å². The molecule has 1 aromatic carbocycles. The zero-order chi connectivity index (χ0) is 22.2. The van der Waals surface area contributed by atoms with E-state index in [0.29, 0.717) is 19.6 Å². The number of hydrogen-bond donors (Lipinski definition) is 0. The van der Waals surface area contributed by atoms with E-state index in [9.17, 15) is 13.2 Å². The summed E-state index contributed by atoms with van der Waals surface area (Å²) in [7, 11) is -3.69. The molecule has 0 saturated heterocycles. The smallest absolute Gasteiger partial charge is 0.256 e. The van der Waals surface area contributed by atoms with Gasteiger partial charge in [-0.25, -0.2) is 8.42 Å². The van der Waals surface area contributed by atoms with E-state index in [1.165, 1.54) is 27.4 Å². The van der Waals surface area contributed by atoms with E-state index in [1.54, 1.807) is 36.5 Å². The maximum Gasteiger partial charge on any atom is 0.256 e. The molecule has 3 heterocycles. The van der Waals surface area contributed by atoms with E-state index in [4.69, 9.17) is 11.6 Å². The molecular weight excluding hydrogens is 472 g/mol. The van der Waals surface area contributed by atoms with Crippen molar-refractivity contribution in [3.8, 4) is 0 Å². The van der Waals surface area contributed by atoms with Crippen molar-refractivity contribution < 1.29 is 13.2 Å². The number of halogens is 1. The number of nitrogens with zero attached hydrogens (tertiary/aromatic N) is 2. The number of hydrogen-bond acceptors (Lipinski definition) is 5. The minimum Gasteiger partial charge on any atom is -0.326 e. The van der Waals surface area contributed by atoms with E-state index >= 15 is 0 Å². The topological polar surface area (TPSA) is 57.7 Å². The molecule has 2 aromatic heterocycles. The van der Waals surface area contributed by atoms with Gasteiger partial charge in [0.2, 0.25) is 10.0 Å². The van der Waals surface area contributed by atoms with Crippen LogP contribution in [0.1, 0.15) is 45.6 Å². The summed E-state index contributed by atoms with van der Waals surface area (Å²) in [5.74, 6) is -0.253. The molecule has 31 heavy (non-hydrogen) atoms. The fourth-order valence-electron chi connectivity index (χ4n) is 3.98. The van der Waals surface area contributed by atoms with Gasteiger partial charge in [-0.05, 0) is 53.1 Å². The van der Waals surface area contributed by atoms with Crippen LogP contribution in [0, 0.1) is 0 Å². The summed E-state index contributed by atoms with van der Waals surface area (Å²) >= 11 is 9.73. The molecule has 0 saturated carbocycles. The van der Waals surface area contributed by atoms with Crippen LogP contribution in [0.2, 0.25) is 5.02 Å². The summed E-state index contributed by atoms with van der Waals surface area (Å²) in [6.45, 7) is 4.86. The predicted molar refractivity (Wildman–Crippen MR) is 127 cm³/mol. The number of benzene rings is 1. The Morgan fingerprint density at radius 2 is 1.94 bits per heavy atom. The number of thiophene rings is 2. The molecule has 1 aliphatic rings. The van der Waals surface area contributed by atoms with Crippen LogP contribution in [0.4, 0.5) is 0 Å². The first kappa shape index (κ1) is 22.5. The Balaban J connectivity index is 1.76. The summed E-state index contributed by atoms with van der Waals surface area (Å²) in [5.41, 5.74) is 1.35. The molecule has 1 unspecified atom stereocenters. The second kappa shape index (κ2) is 9.03. The molecule has 3 aromatic rings. The van der Waals surface area contributed by atoms with Crippen molar-refractivity contribution >= 4 is 50.2 Å². The Morgan fingerprint density at radius 1 is 1.16 bits per heavy atom. The number of amides is 1. The Morgan fingerprint density at radius 3 is 2.61 bits per heavy atom. The number of carbonyl (C=O) groups is 1. The molecule has 0 spiro atoms. The number of fused-ring (bicyclic) bond motifs is 1. The first-order chi connectivity index (χ1) is 14.9. The molecule has 0 N–H and O–H groups in total. The maximum absolute atomic E-state index is 13.7. The predicted octanol–water partition coefficient (Wildman–Crippen LogP) is 5.28. The molecule has 0 aliphatic carbocycles. The van der Waals surface area contributed by atoms with Gasteiger partial charge in [0.25, 0.3) is 5.91 Å². The first-order valence-electron chi connectivity index (χ1n) is 10.1. The van der Waals surface area contributed by atoms with Crippen LogP contribution in [0.5, 0.6) is 0 Å². The number of rotatable bonds is 6. The van der Waals surface area contributed by atoms with Gasteiger partial charge in [-0.1, -0.05) is 31.5 Å². The van der Waals surface area contributed by atoms with Crippen LogP contribution in [-0.4, -0.2) is 43.2 Å². The third kappa shape index (κ3) is 4.07. The van der Waals surface area contributed by atoms with Gasteiger partial charge >= 0.3 is 0 Å². The Bertz CT molecular complexity index is 1180. The largest absolute Gasteiger partial charge is 0.326 e. The van der Waals surface area contributed by atoms with Crippen molar-refractivity contribution in [2.24, 2.45) is 0 Å². The van der Waals surface area contributed by atoms with Gasteiger partial charge in [-0.2, -0.15) is 4.31 Å². The Kier molecular flexibility index (Phi) is 6.55. The van der Waals surface area contributed by atoms with Crippen molar-refractivity contribution in [1.82, 2.24) is 9.21 Å². The number of sulfonamides is 1. The molecule has 1 aliphatic heterocycles. The lowest BCUT2D eigenvalue weighted by Gasteiger charge is -2.35. The Hall–Kier alpha value is -1.71. The molecule has 5 nitrogen and oxygen atoms in total. The van der Waals surface area contributed by atoms with Gasteiger partial charge in [0, 0.05) is 29.4 Å². The van der Waals surface area contributed by atoms with Gasteiger partial charge in [-0.15, -0.1) is 22.7 Å². The zero-order valence-electron chi connectivity index (χ0n) is 17.2. The molecule has 4 rings (SSSR count). The highest BCUT2D eigenvalue weighted by Crippen LogP contribution is 2.40. The van der Waals surface area contributed by atoms with Crippen molar-refractivity contribution in [3.05, 3.63) is 73.1 Å². The fraction of sp³-hybridized carbons (Fsp3) is 0.318. The second-order valence-corrected chi connectivity index (χ2v) is 11.5. The molecule has 0 bridgehead atoms. The molecule has 164 valence electrons. The van der Waals surface area contributed by atoms with E-state index in [0.717, 1.165) is 16.9 Å². The normalized spacial score (nSPS) is 16.5. The molecule has 1 atom stereocenters. The summed E-state index contributed by atoms with van der Waals surface area (Å²) in [6.07, 6.45) is 0.773. The maximum atomic E-state index is 13.7. The lowest BCUT2D eigenvalue weighted by atomic mass is 9.97. The van der Waals surface area contributed by atoms with E-state index in [2.05, 4.69) is 11.4 Å². The lowest BCUT2D eigenvalue weighted by molar-refractivity contribution is 0.0698. The highest BCUT2D eigenvalue weighted by atomic mass is 35.5. The highest BCUT2D eigenvalue weighted by molar-refractivity contribution is 7.89. The van der Waals surface area contributed by atoms with Crippen molar-refractivity contribution in [3.63, 3.8) is 0 Å². The van der Waals surface area contributed by atoms with Gasteiger partial charge in [0.1, 0.15) is 0 Å². The monoisotopic (exact) mass is 494 g/mol. The van der Waals surface area contributed by atoms with Gasteiger partial charge in [-0.3, -0.25) is 4.79 Å². The van der Waals surface area contributed by atoms with Crippen LogP contribution < -0.4 is 0 Å². The van der Waals surface area contributed by atoms with Crippen molar-refractivity contribution in [1.29, 1.82) is 0 Å². The summed E-state index contributed by atoms with van der Waals surface area (Å²) < 4.78 is 27.4. The van der Waals surface area contributed by atoms with E-state index < -0.39 is 10.0 Å². The van der Waals surface area contributed by atoms with Crippen LogP contribution >= 0.6 is 34.3 Å². The molecular formula is C22H23ClN2O3S3. The van der Waals surface area contributed by atoms with Crippen LogP contribution in [0.25, 0.3) is 0 Å². The fourth-order valence-corrected chi connectivity index (χ4v) is 7.43. The molecule has 9 heteroatoms. The van der Waals surface area contributed by atoms with Gasteiger partial charge < -0.3 is 4.90 Å². The molecule has 0 fully saturated rings. The van der Waals surface area contributed by atoms with Crippen LogP contribution in [0.15, 0.2) is 52.1 Å². The molecule has 1 amide bonds. The molecule has 0 radical (unpaired) electrons. The van der Waals surface area contributed by atoms with Gasteiger partial charge in [0.15, 0.2) is 0 Å². The Labute approximate surface area is 195 Å². The average Bonchev–Trinajstić information content (AvgIpc) is 3.45. The second-order valence-electron chi connectivity index (χ2n) is 7.20.